The Hall–Kier alpha value is -0.180. The van der Waals surface area contributed by atoms with Gasteiger partial charge in [0.1, 0.15) is 0 Å². The molecule has 4 atom stereocenters. The molecule has 2 aliphatic rings. The highest BCUT2D eigenvalue weighted by atomic mass is 32.2. The number of amidine groups is 1. The van der Waals surface area contributed by atoms with Crippen molar-refractivity contribution in [3.63, 3.8) is 0 Å². The van der Waals surface area contributed by atoms with Gasteiger partial charge in [-0.25, -0.2) is 0 Å². The summed E-state index contributed by atoms with van der Waals surface area (Å²) in [6.07, 6.45) is 5.18. The van der Waals surface area contributed by atoms with Crippen molar-refractivity contribution in [1.29, 1.82) is 0 Å². The Labute approximate surface area is 104 Å². The molecule has 0 aromatic carbocycles. The first-order valence-electron chi connectivity index (χ1n) is 6.66. The highest BCUT2D eigenvalue weighted by Crippen LogP contribution is 2.30. The van der Waals surface area contributed by atoms with Crippen molar-refractivity contribution < 1.29 is 0 Å². The predicted octanol–water partition coefficient (Wildman–Crippen LogP) is 3.28. The predicted molar refractivity (Wildman–Crippen MR) is 73.1 cm³/mol. The minimum atomic E-state index is 0.562. The second-order valence-electron chi connectivity index (χ2n) is 5.42. The normalized spacial score (nSPS) is 39.6. The molecule has 0 amide bonds. The maximum atomic E-state index is 4.71. The van der Waals surface area contributed by atoms with Crippen LogP contribution in [-0.4, -0.2) is 23.0 Å². The molecule has 0 saturated heterocycles. The fourth-order valence-corrected chi connectivity index (χ4v) is 3.69. The van der Waals surface area contributed by atoms with Gasteiger partial charge in [0, 0.05) is 11.8 Å². The van der Waals surface area contributed by atoms with Crippen LogP contribution in [0.4, 0.5) is 0 Å². The summed E-state index contributed by atoms with van der Waals surface area (Å²) in [6, 6.07) is 1.24. The summed E-state index contributed by atoms with van der Waals surface area (Å²) in [7, 11) is 0. The van der Waals surface area contributed by atoms with Crippen LogP contribution in [0.5, 0.6) is 0 Å². The molecule has 16 heavy (non-hydrogen) atoms. The molecule has 0 bridgehead atoms. The van der Waals surface area contributed by atoms with E-state index in [1.54, 1.807) is 0 Å². The largest absolute Gasteiger partial charge is 0.362 e. The van der Waals surface area contributed by atoms with Crippen LogP contribution in [-0.2, 0) is 0 Å². The van der Waals surface area contributed by atoms with Crippen molar-refractivity contribution in [2.24, 2.45) is 16.8 Å². The van der Waals surface area contributed by atoms with E-state index in [1.807, 2.05) is 11.8 Å². The van der Waals surface area contributed by atoms with Gasteiger partial charge in [-0.2, -0.15) is 0 Å². The van der Waals surface area contributed by atoms with E-state index >= 15 is 0 Å². The SMILES string of the molecule is CCC1CSC(NC2CCC(C)C(C)C2)=N1. The van der Waals surface area contributed by atoms with Gasteiger partial charge in [-0.15, -0.1) is 0 Å². The van der Waals surface area contributed by atoms with Crippen molar-refractivity contribution in [3.8, 4) is 0 Å². The monoisotopic (exact) mass is 240 g/mol. The Morgan fingerprint density at radius 1 is 1.31 bits per heavy atom. The minimum absolute atomic E-state index is 0.562. The first kappa shape index (κ1) is 12.3. The topological polar surface area (TPSA) is 24.4 Å². The van der Waals surface area contributed by atoms with Crippen LogP contribution in [0.1, 0.15) is 46.5 Å². The molecule has 1 saturated carbocycles. The molecule has 1 aliphatic heterocycles. The van der Waals surface area contributed by atoms with Crippen molar-refractivity contribution in [1.82, 2.24) is 5.32 Å². The van der Waals surface area contributed by atoms with Crippen molar-refractivity contribution in [2.75, 3.05) is 5.75 Å². The molecule has 2 nitrogen and oxygen atoms in total. The summed E-state index contributed by atoms with van der Waals surface area (Å²) in [5.74, 6) is 2.94. The van der Waals surface area contributed by atoms with Gasteiger partial charge in [-0.3, -0.25) is 4.99 Å². The van der Waals surface area contributed by atoms with Gasteiger partial charge in [0.25, 0.3) is 0 Å². The number of nitrogens with one attached hydrogen (secondary N) is 1. The fourth-order valence-electron chi connectivity index (χ4n) is 2.56. The van der Waals surface area contributed by atoms with Gasteiger partial charge in [-0.1, -0.05) is 32.5 Å². The number of rotatable bonds is 2. The molecule has 0 radical (unpaired) electrons. The average molecular weight is 240 g/mol. The third kappa shape index (κ3) is 2.93. The molecular weight excluding hydrogens is 216 g/mol. The van der Waals surface area contributed by atoms with Crippen LogP contribution in [0.15, 0.2) is 4.99 Å². The Bertz CT molecular complexity index is 265. The Kier molecular flexibility index (Phi) is 4.17. The summed E-state index contributed by atoms with van der Waals surface area (Å²) in [5.41, 5.74) is 0. The number of aliphatic imine (C=N–C) groups is 1. The minimum Gasteiger partial charge on any atom is -0.362 e. The third-order valence-corrected chi connectivity index (χ3v) is 5.16. The summed E-state index contributed by atoms with van der Waals surface area (Å²) >= 11 is 1.91. The summed E-state index contributed by atoms with van der Waals surface area (Å²) in [5, 5.41) is 4.85. The van der Waals surface area contributed by atoms with Crippen LogP contribution in [0.3, 0.4) is 0 Å². The van der Waals surface area contributed by atoms with E-state index < -0.39 is 0 Å². The maximum Gasteiger partial charge on any atom is 0.157 e. The lowest BCUT2D eigenvalue weighted by Crippen LogP contribution is -2.38. The summed E-state index contributed by atoms with van der Waals surface area (Å²) in [4.78, 5) is 4.71. The lowest BCUT2D eigenvalue weighted by Gasteiger charge is -2.32. The van der Waals surface area contributed by atoms with E-state index in [0.29, 0.717) is 12.1 Å². The quantitative estimate of drug-likeness (QED) is 0.801. The van der Waals surface area contributed by atoms with Gasteiger partial charge in [0.2, 0.25) is 0 Å². The molecule has 3 heteroatoms. The number of hydrogen-bond donors (Lipinski definition) is 1. The highest BCUT2D eigenvalue weighted by molar-refractivity contribution is 8.14. The lowest BCUT2D eigenvalue weighted by atomic mass is 9.79. The van der Waals surface area contributed by atoms with Crippen LogP contribution in [0.25, 0.3) is 0 Å². The number of nitrogens with zero attached hydrogens (tertiary/aromatic N) is 1. The molecule has 0 aromatic rings. The molecule has 0 spiro atoms. The zero-order valence-corrected chi connectivity index (χ0v) is 11.5. The lowest BCUT2D eigenvalue weighted by molar-refractivity contribution is 0.241. The molecular formula is C13H24N2S. The highest BCUT2D eigenvalue weighted by Gasteiger charge is 2.26. The first-order chi connectivity index (χ1) is 7.69. The molecule has 1 fully saturated rings. The number of hydrogen-bond acceptors (Lipinski definition) is 3. The van der Waals surface area contributed by atoms with Gasteiger partial charge >= 0.3 is 0 Å². The Balaban J connectivity index is 1.82. The Morgan fingerprint density at radius 3 is 2.75 bits per heavy atom. The molecule has 4 unspecified atom stereocenters. The summed E-state index contributed by atoms with van der Waals surface area (Å²) in [6.45, 7) is 6.99. The molecule has 2 rings (SSSR count). The first-order valence-corrected chi connectivity index (χ1v) is 7.64. The van der Waals surface area contributed by atoms with Gasteiger partial charge in [-0.05, 0) is 37.5 Å². The van der Waals surface area contributed by atoms with Gasteiger partial charge < -0.3 is 5.32 Å². The van der Waals surface area contributed by atoms with Crippen molar-refractivity contribution in [2.45, 2.75) is 58.5 Å². The van der Waals surface area contributed by atoms with Crippen LogP contribution < -0.4 is 5.32 Å². The van der Waals surface area contributed by atoms with Crippen LogP contribution >= 0.6 is 11.8 Å². The molecule has 1 aliphatic carbocycles. The van der Waals surface area contributed by atoms with E-state index in [1.165, 1.54) is 36.6 Å². The van der Waals surface area contributed by atoms with Crippen LogP contribution in [0, 0.1) is 11.8 Å². The van der Waals surface area contributed by atoms with E-state index in [9.17, 15) is 0 Å². The van der Waals surface area contributed by atoms with Crippen molar-refractivity contribution in [3.05, 3.63) is 0 Å². The van der Waals surface area contributed by atoms with E-state index in [2.05, 4.69) is 26.1 Å². The second-order valence-corrected chi connectivity index (χ2v) is 6.42. The van der Waals surface area contributed by atoms with Gasteiger partial charge in [0.15, 0.2) is 5.17 Å². The van der Waals surface area contributed by atoms with E-state index in [0.717, 1.165) is 11.8 Å². The molecule has 0 aromatic heterocycles. The molecule has 1 heterocycles. The smallest absolute Gasteiger partial charge is 0.157 e. The Morgan fingerprint density at radius 2 is 2.12 bits per heavy atom. The van der Waals surface area contributed by atoms with Crippen LogP contribution in [0.2, 0.25) is 0 Å². The number of thioether (sulfide) groups is 1. The third-order valence-electron chi connectivity index (χ3n) is 4.11. The second kappa shape index (κ2) is 5.44. The van der Waals surface area contributed by atoms with Crippen molar-refractivity contribution >= 4 is 16.9 Å². The average Bonchev–Trinajstić information content (AvgIpc) is 2.71. The molecule has 92 valence electrons. The van der Waals surface area contributed by atoms with E-state index in [-0.39, 0.29) is 0 Å². The fraction of sp³-hybridized carbons (Fsp3) is 0.923. The zero-order valence-electron chi connectivity index (χ0n) is 10.7. The maximum absolute atomic E-state index is 4.71. The summed E-state index contributed by atoms with van der Waals surface area (Å²) < 4.78 is 0. The van der Waals surface area contributed by atoms with Gasteiger partial charge in [0.05, 0.1) is 6.04 Å². The zero-order chi connectivity index (χ0) is 11.5. The van der Waals surface area contributed by atoms with E-state index in [4.69, 9.17) is 4.99 Å². The standard InChI is InChI=1S/C13H24N2S/c1-4-11-8-16-13(14-11)15-12-6-5-9(2)10(3)7-12/h9-12H,4-8H2,1-3H3,(H,14,15). The molecule has 1 N–H and O–H groups in total.